The number of ether oxygens (including phenoxy) is 2. The van der Waals surface area contributed by atoms with Crippen LogP contribution < -0.4 is 9.47 Å². The minimum absolute atomic E-state index is 0.660. The predicted molar refractivity (Wildman–Crippen MR) is 85.6 cm³/mol. The third-order valence-corrected chi connectivity index (χ3v) is 3.50. The summed E-state index contributed by atoms with van der Waals surface area (Å²) >= 11 is 0. The lowest BCUT2D eigenvalue weighted by Gasteiger charge is -2.16. The molecule has 0 aromatic heterocycles. The first-order valence-electron chi connectivity index (χ1n) is 7.01. The van der Waals surface area contributed by atoms with Crippen LogP contribution in [0, 0.1) is 11.3 Å². The van der Waals surface area contributed by atoms with Gasteiger partial charge in [-0.25, -0.2) is 0 Å². The summed E-state index contributed by atoms with van der Waals surface area (Å²) in [5.41, 5.74) is 2.81. The van der Waals surface area contributed by atoms with E-state index < -0.39 is 0 Å². The Morgan fingerprint density at radius 2 is 1.95 bits per heavy atom. The van der Waals surface area contributed by atoms with Crippen molar-refractivity contribution in [1.29, 1.82) is 5.26 Å². The molecular weight excluding hydrogens is 274 g/mol. The number of nitrogens with zero attached hydrogens (tertiary/aromatic N) is 1. The number of rotatable bonds is 3. The van der Waals surface area contributed by atoms with Gasteiger partial charge in [0.15, 0.2) is 0 Å². The average Bonchev–Trinajstić information content (AvgIpc) is 2.59. The van der Waals surface area contributed by atoms with Gasteiger partial charge in [0.25, 0.3) is 0 Å². The molecule has 0 spiro atoms. The van der Waals surface area contributed by atoms with Crippen molar-refractivity contribution in [3.05, 3.63) is 77.1 Å². The lowest BCUT2D eigenvalue weighted by Crippen LogP contribution is -2.03. The maximum Gasteiger partial charge on any atom is 0.131 e. The summed E-state index contributed by atoms with van der Waals surface area (Å²) in [6, 6.07) is 15.4. The van der Waals surface area contributed by atoms with Crippen LogP contribution in [0.2, 0.25) is 0 Å². The summed E-state index contributed by atoms with van der Waals surface area (Å²) in [6.45, 7) is 0. The van der Waals surface area contributed by atoms with Gasteiger partial charge in [-0.05, 0) is 54.5 Å². The zero-order chi connectivity index (χ0) is 15.4. The minimum Gasteiger partial charge on any atom is -0.497 e. The number of fused-ring (bicyclic) bond motifs is 1. The van der Waals surface area contributed by atoms with E-state index in [-0.39, 0.29) is 0 Å². The topological polar surface area (TPSA) is 42.2 Å². The Kier molecular flexibility index (Phi) is 3.93. The third kappa shape index (κ3) is 3.02. The van der Waals surface area contributed by atoms with Crippen molar-refractivity contribution in [3.63, 3.8) is 0 Å². The molecule has 0 unspecified atom stereocenters. The molecule has 0 bridgehead atoms. The molecule has 0 saturated carbocycles. The highest BCUT2D eigenvalue weighted by Gasteiger charge is 2.11. The number of nitriles is 1. The molecule has 108 valence electrons. The van der Waals surface area contributed by atoms with Gasteiger partial charge in [0.05, 0.1) is 18.7 Å². The van der Waals surface area contributed by atoms with Crippen LogP contribution in [-0.2, 0) is 6.42 Å². The first-order valence-corrected chi connectivity index (χ1v) is 7.01. The highest BCUT2D eigenvalue weighted by atomic mass is 16.5. The smallest absolute Gasteiger partial charge is 0.131 e. The fourth-order valence-corrected chi connectivity index (χ4v) is 2.27. The fraction of sp³-hybridized carbons (Fsp3) is 0.105. The molecule has 3 heteroatoms. The van der Waals surface area contributed by atoms with Crippen LogP contribution >= 0.6 is 0 Å². The maximum absolute atomic E-state index is 8.79. The van der Waals surface area contributed by atoms with Crippen molar-refractivity contribution < 1.29 is 9.47 Å². The van der Waals surface area contributed by atoms with Crippen molar-refractivity contribution in [2.24, 2.45) is 0 Å². The molecule has 2 aromatic rings. The van der Waals surface area contributed by atoms with Gasteiger partial charge in [-0.15, -0.1) is 0 Å². The van der Waals surface area contributed by atoms with Gasteiger partial charge in [0.1, 0.15) is 17.3 Å². The molecule has 3 nitrogen and oxygen atoms in total. The van der Waals surface area contributed by atoms with E-state index in [9.17, 15) is 0 Å². The zero-order valence-electron chi connectivity index (χ0n) is 12.2. The van der Waals surface area contributed by atoms with Crippen LogP contribution in [0.15, 0.2) is 60.4 Å². The SMILES string of the molecule is COc1ccc2c(c1)CC=C(/C=C/c1ccc(C#N)cc1)O2. The van der Waals surface area contributed by atoms with E-state index in [0.29, 0.717) is 5.56 Å². The van der Waals surface area contributed by atoms with Gasteiger partial charge >= 0.3 is 0 Å². The Hall–Kier alpha value is -2.99. The van der Waals surface area contributed by atoms with E-state index in [4.69, 9.17) is 14.7 Å². The Labute approximate surface area is 129 Å². The molecule has 0 radical (unpaired) electrons. The molecular formula is C19H15NO2. The number of hydrogen-bond acceptors (Lipinski definition) is 3. The van der Waals surface area contributed by atoms with E-state index >= 15 is 0 Å². The van der Waals surface area contributed by atoms with E-state index in [1.165, 1.54) is 0 Å². The van der Waals surface area contributed by atoms with Gasteiger partial charge in [0, 0.05) is 5.56 Å². The summed E-state index contributed by atoms with van der Waals surface area (Å²) < 4.78 is 11.1. The third-order valence-electron chi connectivity index (χ3n) is 3.50. The zero-order valence-corrected chi connectivity index (χ0v) is 12.2. The van der Waals surface area contributed by atoms with Crippen LogP contribution in [0.3, 0.4) is 0 Å². The molecule has 0 atom stereocenters. The molecule has 0 saturated heterocycles. The van der Waals surface area contributed by atoms with Crippen molar-refractivity contribution in [2.45, 2.75) is 6.42 Å². The lowest BCUT2D eigenvalue weighted by atomic mass is 10.1. The van der Waals surface area contributed by atoms with Crippen LogP contribution in [0.4, 0.5) is 0 Å². The first kappa shape index (κ1) is 14.0. The Morgan fingerprint density at radius 3 is 2.68 bits per heavy atom. The summed E-state index contributed by atoms with van der Waals surface area (Å²) in [6.07, 6.45) is 6.78. The Bertz CT molecular complexity index is 780. The van der Waals surface area contributed by atoms with Gasteiger partial charge in [0.2, 0.25) is 0 Å². The largest absolute Gasteiger partial charge is 0.497 e. The molecule has 0 fully saturated rings. The molecule has 2 aromatic carbocycles. The molecule has 1 aliphatic rings. The summed E-state index contributed by atoms with van der Waals surface area (Å²) in [7, 11) is 1.66. The number of hydrogen-bond donors (Lipinski definition) is 0. The molecule has 1 heterocycles. The predicted octanol–water partition coefficient (Wildman–Crippen LogP) is 4.10. The molecule has 22 heavy (non-hydrogen) atoms. The van der Waals surface area contributed by atoms with Crippen molar-refractivity contribution in [3.8, 4) is 17.6 Å². The fourth-order valence-electron chi connectivity index (χ4n) is 2.27. The summed E-state index contributed by atoms with van der Waals surface area (Å²) in [4.78, 5) is 0. The van der Waals surface area contributed by atoms with Crippen LogP contribution in [0.25, 0.3) is 6.08 Å². The Morgan fingerprint density at radius 1 is 1.14 bits per heavy atom. The van der Waals surface area contributed by atoms with E-state index in [0.717, 1.165) is 34.8 Å². The van der Waals surface area contributed by atoms with Gasteiger partial charge in [-0.1, -0.05) is 18.2 Å². The standard InChI is InChI=1S/C19H15NO2/c1-21-18-10-11-19-16(12-18)7-9-17(22-19)8-6-14-2-4-15(13-20)5-3-14/h2-6,8-12H,7H2,1H3/b8-6+. The van der Waals surface area contributed by atoms with E-state index in [2.05, 4.69) is 6.07 Å². The summed E-state index contributed by atoms with van der Waals surface area (Å²) in [5, 5.41) is 8.79. The van der Waals surface area contributed by atoms with Crippen molar-refractivity contribution >= 4 is 6.08 Å². The average molecular weight is 289 g/mol. The summed E-state index contributed by atoms with van der Waals surface area (Å²) in [5.74, 6) is 2.53. The second-order valence-electron chi connectivity index (χ2n) is 4.95. The van der Waals surface area contributed by atoms with Crippen LogP contribution in [0.1, 0.15) is 16.7 Å². The number of benzene rings is 2. The van der Waals surface area contributed by atoms with Crippen LogP contribution in [-0.4, -0.2) is 7.11 Å². The quantitative estimate of drug-likeness (QED) is 0.854. The number of allylic oxidation sites excluding steroid dienone is 2. The minimum atomic E-state index is 0.660. The highest BCUT2D eigenvalue weighted by molar-refractivity contribution is 5.55. The second kappa shape index (κ2) is 6.19. The van der Waals surface area contributed by atoms with Gasteiger partial charge in [-0.3, -0.25) is 0 Å². The maximum atomic E-state index is 8.79. The van der Waals surface area contributed by atoms with E-state index in [1.807, 2.05) is 48.6 Å². The molecule has 3 rings (SSSR count). The lowest BCUT2D eigenvalue weighted by molar-refractivity contribution is 0.405. The molecule has 1 aliphatic heterocycles. The first-order chi connectivity index (χ1) is 10.8. The second-order valence-corrected chi connectivity index (χ2v) is 4.95. The van der Waals surface area contributed by atoms with Crippen molar-refractivity contribution in [2.75, 3.05) is 7.11 Å². The Balaban J connectivity index is 1.73. The highest BCUT2D eigenvalue weighted by Crippen LogP contribution is 2.30. The van der Waals surface area contributed by atoms with Crippen molar-refractivity contribution in [1.82, 2.24) is 0 Å². The normalized spacial score (nSPS) is 13.0. The number of methoxy groups -OCH3 is 1. The molecule has 0 amide bonds. The van der Waals surface area contributed by atoms with E-state index in [1.54, 1.807) is 19.2 Å². The molecule has 0 aliphatic carbocycles. The monoisotopic (exact) mass is 289 g/mol. The van der Waals surface area contributed by atoms with Gasteiger partial charge < -0.3 is 9.47 Å². The molecule has 0 N–H and O–H groups in total. The van der Waals surface area contributed by atoms with Gasteiger partial charge in [-0.2, -0.15) is 5.26 Å². The van der Waals surface area contributed by atoms with Crippen LogP contribution in [0.5, 0.6) is 11.5 Å².